The van der Waals surface area contributed by atoms with Crippen LogP contribution in [0.25, 0.3) is 10.8 Å². The molecular weight excluding hydrogens is 385 g/mol. The molecule has 0 N–H and O–H groups in total. The van der Waals surface area contributed by atoms with Crippen molar-refractivity contribution in [2.24, 2.45) is 0 Å². The molecule has 4 aromatic rings. The number of fused-ring (bicyclic) bond motifs is 1. The zero-order chi connectivity index (χ0) is 20.2. The maximum absolute atomic E-state index is 13.7. The van der Waals surface area contributed by atoms with E-state index in [9.17, 15) is 9.18 Å². The van der Waals surface area contributed by atoms with Crippen molar-refractivity contribution in [1.29, 1.82) is 0 Å². The molecule has 0 saturated carbocycles. The fraction of sp³-hybridized carbons (Fsp3) is 0.125. The van der Waals surface area contributed by atoms with Crippen molar-refractivity contribution in [3.05, 3.63) is 106 Å². The zero-order valence-corrected chi connectivity index (χ0v) is 16.8. The highest BCUT2D eigenvalue weighted by atomic mass is 32.2. The Morgan fingerprint density at radius 3 is 2.41 bits per heavy atom. The number of aromatic nitrogens is 1. The molecule has 3 nitrogen and oxygen atoms in total. The van der Waals surface area contributed by atoms with Crippen LogP contribution in [-0.2, 0) is 12.3 Å². The van der Waals surface area contributed by atoms with Gasteiger partial charge in [0.25, 0.3) is 5.56 Å². The molecule has 3 aromatic carbocycles. The minimum Gasteiger partial charge on any atom is -0.497 e. The molecule has 146 valence electrons. The Hall–Kier alpha value is -3.05. The highest BCUT2D eigenvalue weighted by Crippen LogP contribution is 2.26. The molecule has 0 aliphatic rings. The van der Waals surface area contributed by atoms with Gasteiger partial charge in [0, 0.05) is 11.1 Å². The summed E-state index contributed by atoms with van der Waals surface area (Å²) in [5.41, 5.74) is 2.05. The summed E-state index contributed by atoms with van der Waals surface area (Å²) in [5.74, 6) is 1.15. The highest BCUT2D eigenvalue weighted by Gasteiger charge is 2.12. The molecule has 0 aliphatic carbocycles. The van der Waals surface area contributed by atoms with Gasteiger partial charge in [0.15, 0.2) is 0 Å². The summed E-state index contributed by atoms with van der Waals surface area (Å²) in [6, 6.07) is 24.0. The molecule has 4 rings (SSSR count). The van der Waals surface area contributed by atoms with E-state index in [2.05, 4.69) is 12.1 Å². The topological polar surface area (TPSA) is 31.2 Å². The molecule has 0 radical (unpaired) electrons. The van der Waals surface area contributed by atoms with Crippen LogP contribution in [0.5, 0.6) is 5.75 Å². The number of halogens is 1. The van der Waals surface area contributed by atoms with Crippen LogP contribution in [0.15, 0.2) is 88.7 Å². The van der Waals surface area contributed by atoms with E-state index in [1.54, 1.807) is 29.5 Å². The standard InChI is InChI=1S/C24H20FNO2S/c1-28-21-10-7-17(8-11-21)15-26-23(29-16-18-5-3-2-4-6-18)14-19-13-20(25)9-12-22(19)24(26)27/h2-14H,15-16H2,1H3. The third-order valence-electron chi connectivity index (χ3n) is 4.76. The lowest BCUT2D eigenvalue weighted by Gasteiger charge is -2.15. The van der Waals surface area contributed by atoms with Crippen molar-refractivity contribution in [3.63, 3.8) is 0 Å². The first-order valence-corrected chi connectivity index (χ1v) is 10.3. The molecule has 0 atom stereocenters. The summed E-state index contributed by atoms with van der Waals surface area (Å²) in [4.78, 5) is 13.2. The van der Waals surface area contributed by atoms with E-state index in [-0.39, 0.29) is 11.4 Å². The molecule has 1 aromatic heterocycles. The summed E-state index contributed by atoms with van der Waals surface area (Å²) in [6.07, 6.45) is 0. The average molecular weight is 405 g/mol. The minimum atomic E-state index is -0.344. The normalized spacial score (nSPS) is 11.0. The first-order valence-electron chi connectivity index (χ1n) is 9.27. The van der Waals surface area contributed by atoms with Gasteiger partial charge in [0.2, 0.25) is 0 Å². The van der Waals surface area contributed by atoms with E-state index in [4.69, 9.17) is 4.74 Å². The molecule has 0 saturated heterocycles. The van der Waals surface area contributed by atoms with Crippen LogP contribution in [0.4, 0.5) is 4.39 Å². The van der Waals surface area contributed by atoms with Gasteiger partial charge < -0.3 is 4.74 Å². The lowest BCUT2D eigenvalue weighted by Crippen LogP contribution is -2.22. The van der Waals surface area contributed by atoms with Gasteiger partial charge in [-0.15, -0.1) is 11.8 Å². The van der Waals surface area contributed by atoms with Crippen molar-refractivity contribution in [2.45, 2.75) is 17.3 Å². The first kappa shape index (κ1) is 19.3. The van der Waals surface area contributed by atoms with Gasteiger partial charge in [-0.25, -0.2) is 4.39 Å². The molecular formula is C24H20FNO2S. The average Bonchev–Trinajstić information content (AvgIpc) is 2.75. The minimum absolute atomic E-state index is 0.117. The fourth-order valence-electron chi connectivity index (χ4n) is 3.22. The van der Waals surface area contributed by atoms with Crippen molar-refractivity contribution < 1.29 is 9.13 Å². The second kappa shape index (κ2) is 8.53. The van der Waals surface area contributed by atoms with Gasteiger partial charge >= 0.3 is 0 Å². The Bertz CT molecular complexity index is 1190. The van der Waals surface area contributed by atoms with Crippen molar-refractivity contribution in [2.75, 3.05) is 7.11 Å². The van der Waals surface area contributed by atoms with Crippen LogP contribution in [0, 0.1) is 5.82 Å². The fourth-order valence-corrected chi connectivity index (χ4v) is 4.24. The number of thioether (sulfide) groups is 1. The monoisotopic (exact) mass is 405 g/mol. The summed E-state index contributed by atoms with van der Waals surface area (Å²) < 4.78 is 20.7. The molecule has 0 fully saturated rings. The van der Waals surface area contributed by atoms with Crippen LogP contribution < -0.4 is 10.3 Å². The molecule has 0 bridgehead atoms. The summed E-state index contributed by atoms with van der Waals surface area (Å²) in [6.45, 7) is 0.438. The van der Waals surface area contributed by atoms with Gasteiger partial charge in [-0.05, 0) is 52.9 Å². The molecule has 0 amide bonds. The second-order valence-electron chi connectivity index (χ2n) is 6.73. The number of nitrogens with zero attached hydrogens (tertiary/aromatic N) is 1. The third kappa shape index (κ3) is 4.35. The number of pyridine rings is 1. The number of ether oxygens (including phenoxy) is 1. The summed E-state index contributed by atoms with van der Waals surface area (Å²) in [5, 5.41) is 1.95. The summed E-state index contributed by atoms with van der Waals surface area (Å²) >= 11 is 1.58. The highest BCUT2D eigenvalue weighted by molar-refractivity contribution is 7.98. The second-order valence-corrected chi connectivity index (χ2v) is 7.72. The van der Waals surface area contributed by atoms with Crippen molar-refractivity contribution >= 4 is 22.5 Å². The molecule has 5 heteroatoms. The smallest absolute Gasteiger partial charge is 0.259 e. The number of benzene rings is 3. The van der Waals surface area contributed by atoms with Gasteiger partial charge in [0.05, 0.1) is 18.7 Å². The quantitative estimate of drug-likeness (QED) is 0.398. The predicted octanol–water partition coefficient (Wildman–Crippen LogP) is 5.49. The first-order chi connectivity index (χ1) is 14.1. The number of hydrogen-bond acceptors (Lipinski definition) is 3. The zero-order valence-electron chi connectivity index (χ0n) is 16.0. The molecule has 0 spiro atoms. The Kier molecular flexibility index (Phi) is 5.67. The number of methoxy groups -OCH3 is 1. The largest absolute Gasteiger partial charge is 0.497 e. The van der Waals surface area contributed by atoms with Crippen LogP contribution in [0.2, 0.25) is 0 Å². The Morgan fingerprint density at radius 2 is 1.69 bits per heavy atom. The van der Waals surface area contributed by atoms with E-state index in [0.717, 1.165) is 22.1 Å². The SMILES string of the molecule is COc1ccc(Cn2c(SCc3ccccc3)cc3cc(F)ccc3c2=O)cc1. The molecule has 0 aliphatic heterocycles. The van der Waals surface area contributed by atoms with Gasteiger partial charge in [0.1, 0.15) is 11.6 Å². The van der Waals surface area contributed by atoms with Crippen molar-refractivity contribution in [3.8, 4) is 5.75 Å². The van der Waals surface area contributed by atoms with E-state index in [1.165, 1.54) is 17.7 Å². The van der Waals surface area contributed by atoms with Crippen LogP contribution in [0.1, 0.15) is 11.1 Å². The molecule has 29 heavy (non-hydrogen) atoms. The Morgan fingerprint density at radius 1 is 0.931 bits per heavy atom. The predicted molar refractivity (Wildman–Crippen MR) is 116 cm³/mol. The number of rotatable bonds is 6. The maximum atomic E-state index is 13.7. The summed E-state index contributed by atoms with van der Waals surface area (Å²) in [7, 11) is 1.63. The van der Waals surface area contributed by atoms with E-state index >= 15 is 0 Å². The lowest BCUT2D eigenvalue weighted by molar-refractivity contribution is 0.414. The van der Waals surface area contributed by atoms with Crippen LogP contribution >= 0.6 is 11.8 Å². The maximum Gasteiger partial charge on any atom is 0.259 e. The van der Waals surface area contributed by atoms with E-state index < -0.39 is 0 Å². The van der Waals surface area contributed by atoms with Crippen LogP contribution in [-0.4, -0.2) is 11.7 Å². The lowest BCUT2D eigenvalue weighted by atomic mass is 10.1. The third-order valence-corrected chi connectivity index (χ3v) is 5.88. The van der Waals surface area contributed by atoms with Crippen molar-refractivity contribution in [1.82, 2.24) is 4.57 Å². The van der Waals surface area contributed by atoms with Crippen LogP contribution in [0.3, 0.4) is 0 Å². The molecule has 1 heterocycles. The number of hydrogen-bond donors (Lipinski definition) is 0. The van der Waals surface area contributed by atoms with Gasteiger partial charge in [-0.2, -0.15) is 0 Å². The van der Waals surface area contributed by atoms with Gasteiger partial charge in [-0.3, -0.25) is 9.36 Å². The van der Waals surface area contributed by atoms with E-state index in [1.807, 2.05) is 48.5 Å². The Labute approximate surface area is 172 Å². The molecule has 0 unspecified atom stereocenters. The Balaban J connectivity index is 1.75. The van der Waals surface area contributed by atoms with Gasteiger partial charge in [-0.1, -0.05) is 42.5 Å². The van der Waals surface area contributed by atoms with E-state index in [0.29, 0.717) is 17.3 Å².